The molecule has 8 nitrogen and oxygen atoms in total. The highest BCUT2D eigenvalue weighted by atomic mass is 32.2. The lowest BCUT2D eigenvalue weighted by molar-refractivity contribution is -0.150. The Hall–Kier alpha value is -2.03. The van der Waals surface area contributed by atoms with Gasteiger partial charge in [-0.1, -0.05) is 24.9 Å². The van der Waals surface area contributed by atoms with Crippen molar-refractivity contribution in [3.8, 4) is 0 Å². The molecule has 9 heteroatoms. The summed E-state index contributed by atoms with van der Waals surface area (Å²) in [5, 5.41) is 23.2. The predicted molar refractivity (Wildman–Crippen MR) is 84.1 cm³/mol. The molecule has 0 bridgehead atoms. The standard InChI is InChI=1S/C14H19N3O5S/c1-2-3-4-5-8(16-22)11(18)15-10-12(19)17-9(14(20)21)6-7-23-13(10)17/h6,10,13,22H,2-5,7H2,1H3,(H,15,18)(H,20,21)/b16-8-/t10-,13-/m1/s1. The monoisotopic (exact) mass is 341 g/mol. The molecule has 0 saturated carbocycles. The van der Waals surface area contributed by atoms with Crippen molar-refractivity contribution in [2.75, 3.05) is 5.75 Å². The third-order valence-corrected chi connectivity index (χ3v) is 4.94. The van der Waals surface area contributed by atoms with Crippen LogP contribution >= 0.6 is 11.8 Å². The van der Waals surface area contributed by atoms with Gasteiger partial charge in [0, 0.05) is 5.75 Å². The number of fused-ring (bicyclic) bond motifs is 1. The Morgan fingerprint density at radius 3 is 2.83 bits per heavy atom. The van der Waals surface area contributed by atoms with Gasteiger partial charge in [0.1, 0.15) is 22.8 Å². The number of unbranched alkanes of at least 4 members (excludes halogenated alkanes) is 2. The van der Waals surface area contributed by atoms with Crippen LogP contribution in [0.2, 0.25) is 0 Å². The molecule has 0 aromatic carbocycles. The number of carbonyl (C=O) groups excluding carboxylic acids is 2. The number of rotatable bonds is 7. The first kappa shape index (κ1) is 17.3. The summed E-state index contributed by atoms with van der Waals surface area (Å²) in [6.07, 6.45) is 4.41. The maximum Gasteiger partial charge on any atom is 0.352 e. The van der Waals surface area contributed by atoms with Crippen LogP contribution in [-0.4, -0.2) is 55.9 Å². The van der Waals surface area contributed by atoms with Crippen molar-refractivity contribution in [3.05, 3.63) is 11.8 Å². The molecule has 2 rings (SSSR count). The predicted octanol–water partition coefficient (Wildman–Crippen LogP) is 0.765. The minimum Gasteiger partial charge on any atom is -0.477 e. The Labute approximate surface area is 137 Å². The van der Waals surface area contributed by atoms with Gasteiger partial charge in [0.05, 0.1) is 0 Å². The van der Waals surface area contributed by atoms with E-state index in [0.29, 0.717) is 12.2 Å². The van der Waals surface area contributed by atoms with Crippen LogP contribution < -0.4 is 5.32 Å². The van der Waals surface area contributed by atoms with Crippen LogP contribution in [0.3, 0.4) is 0 Å². The Balaban J connectivity index is 1.97. The lowest BCUT2D eigenvalue weighted by Crippen LogP contribution is -2.70. The maximum atomic E-state index is 12.1. The topological polar surface area (TPSA) is 119 Å². The molecule has 126 valence electrons. The van der Waals surface area contributed by atoms with Gasteiger partial charge in [-0.25, -0.2) is 4.79 Å². The molecule has 23 heavy (non-hydrogen) atoms. The zero-order valence-corrected chi connectivity index (χ0v) is 13.5. The molecule has 0 unspecified atom stereocenters. The van der Waals surface area contributed by atoms with Gasteiger partial charge in [0.25, 0.3) is 11.8 Å². The van der Waals surface area contributed by atoms with Crippen LogP contribution in [0.1, 0.15) is 32.6 Å². The number of aliphatic carboxylic acids is 1. The minimum atomic E-state index is -1.16. The Bertz CT molecular complexity index is 575. The molecule has 0 aromatic rings. The van der Waals surface area contributed by atoms with Gasteiger partial charge in [0.15, 0.2) is 0 Å². The average Bonchev–Trinajstić information content (AvgIpc) is 2.55. The van der Waals surface area contributed by atoms with Crippen molar-refractivity contribution in [1.29, 1.82) is 0 Å². The molecular formula is C14H19N3O5S. The maximum absolute atomic E-state index is 12.1. The SMILES string of the molecule is CCCCC/C(=N/O)C(=O)N[C@@H]1C(=O)N2C(C(=O)O)=CCS[C@H]12. The van der Waals surface area contributed by atoms with E-state index in [4.69, 9.17) is 10.3 Å². The molecule has 1 fully saturated rings. The number of thioether (sulfide) groups is 1. The van der Waals surface area contributed by atoms with E-state index in [1.807, 2.05) is 6.92 Å². The van der Waals surface area contributed by atoms with E-state index in [1.165, 1.54) is 22.7 Å². The van der Waals surface area contributed by atoms with Crippen LogP contribution in [0.4, 0.5) is 0 Å². The molecule has 0 radical (unpaired) electrons. The van der Waals surface area contributed by atoms with Crippen LogP contribution in [0.5, 0.6) is 0 Å². The molecule has 3 N–H and O–H groups in total. The molecule has 2 aliphatic heterocycles. The van der Waals surface area contributed by atoms with E-state index in [1.54, 1.807) is 0 Å². The number of carboxylic acids is 1. The van der Waals surface area contributed by atoms with Crippen molar-refractivity contribution in [2.24, 2.45) is 5.16 Å². The fourth-order valence-corrected chi connectivity index (χ4v) is 3.71. The average molecular weight is 341 g/mol. The first-order chi connectivity index (χ1) is 11.0. The molecule has 2 amide bonds. The molecule has 2 heterocycles. The minimum absolute atomic E-state index is 0.0143. The van der Waals surface area contributed by atoms with Crippen molar-refractivity contribution < 1.29 is 24.7 Å². The molecule has 1 saturated heterocycles. The van der Waals surface area contributed by atoms with Gasteiger partial charge in [-0.2, -0.15) is 0 Å². The smallest absolute Gasteiger partial charge is 0.352 e. The molecule has 0 spiro atoms. The highest BCUT2D eigenvalue weighted by molar-refractivity contribution is 8.00. The number of carboxylic acid groups (broad SMARTS) is 1. The molecule has 2 atom stereocenters. The summed E-state index contributed by atoms with van der Waals surface area (Å²) in [4.78, 5) is 36.5. The first-order valence-corrected chi connectivity index (χ1v) is 8.46. The Morgan fingerprint density at radius 1 is 1.48 bits per heavy atom. The summed E-state index contributed by atoms with van der Waals surface area (Å²) in [5.41, 5.74) is -0.0669. The normalized spacial score (nSPS) is 23.7. The molecule has 2 aliphatic rings. The van der Waals surface area contributed by atoms with Crippen LogP contribution in [0, 0.1) is 0 Å². The third kappa shape index (κ3) is 3.49. The first-order valence-electron chi connectivity index (χ1n) is 7.41. The van der Waals surface area contributed by atoms with E-state index in [0.717, 1.165) is 19.3 Å². The second-order valence-corrected chi connectivity index (χ2v) is 6.43. The Morgan fingerprint density at radius 2 is 2.22 bits per heavy atom. The second kappa shape index (κ2) is 7.49. The number of β-lactam (4-membered cyclic amide) rings is 1. The summed E-state index contributed by atoms with van der Waals surface area (Å²) in [7, 11) is 0. The van der Waals surface area contributed by atoms with Gasteiger partial charge in [0.2, 0.25) is 0 Å². The summed E-state index contributed by atoms with van der Waals surface area (Å²) in [6, 6.07) is -0.793. The van der Waals surface area contributed by atoms with Gasteiger partial charge in [-0.15, -0.1) is 11.8 Å². The summed E-state index contributed by atoms with van der Waals surface area (Å²) in [6.45, 7) is 2.02. The quantitative estimate of drug-likeness (QED) is 0.207. The van der Waals surface area contributed by atoms with E-state index in [9.17, 15) is 14.4 Å². The number of nitrogens with one attached hydrogen (secondary N) is 1. The number of hydrogen-bond donors (Lipinski definition) is 3. The number of hydrogen-bond acceptors (Lipinski definition) is 6. The highest BCUT2D eigenvalue weighted by Crippen LogP contribution is 2.37. The number of carbonyl (C=O) groups is 3. The fourth-order valence-electron chi connectivity index (χ4n) is 2.51. The fraction of sp³-hybridized carbons (Fsp3) is 0.571. The van der Waals surface area contributed by atoms with Crippen LogP contribution in [0.15, 0.2) is 16.9 Å². The van der Waals surface area contributed by atoms with Crippen molar-refractivity contribution in [1.82, 2.24) is 10.2 Å². The van der Waals surface area contributed by atoms with Crippen molar-refractivity contribution in [2.45, 2.75) is 44.0 Å². The number of nitrogens with zero attached hydrogens (tertiary/aromatic N) is 2. The van der Waals surface area contributed by atoms with E-state index >= 15 is 0 Å². The largest absolute Gasteiger partial charge is 0.477 e. The van der Waals surface area contributed by atoms with Crippen LogP contribution in [-0.2, 0) is 14.4 Å². The molecule has 0 aromatic heterocycles. The van der Waals surface area contributed by atoms with E-state index in [-0.39, 0.29) is 11.4 Å². The van der Waals surface area contributed by atoms with E-state index in [2.05, 4.69) is 10.5 Å². The summed E-state index contributed by atoms with van der Waals surface area (Å²) >= 11 is 1.38. The van der Waals surface area contributed by atoms with Gasteiger partial charge in [-0.3, -0.25) is 14.5 Å². The van der Waals surface area contributed by atoms with Crippen LogP contribution in [0.25, 0.3) is 0 Å². The number of oxime groups is 1. The number of amides is 2. The third-order valence-electron chi connectivity index (χ3n) is 3.75. The van der Waals surface area contributed by atoms with Gasteiger partial charge in [-0.05, 0) is 18.9 Å². The van der Waals surface area contributed by atoms with Crippen molar-refractivity contribution in [3.63, 3.8) is 0 Å². The molecular weight excluding hydrogens is 322 g/mol. The van der Waals surface area contributed by atoms with Gasteiger partial charge < -0.3 is 15.6 Å². The lowest BCUT2D eigenvalue weighted by atomic mass is 10.0. The molecule has 0 aliphatic carbocycles. The highest BCUT2D eigenvalue weighted by Gasteiger charge is 2.52. The second-order valence-electron chi connectivity index (χ2n) is 5.28. The zero-order valence-electron chi connectivity index (χ0n) is 12.7. The summed E-state index contributed by atoms with van der Waals surface area (Å²) in [5.74, 6) is -1.76. The van der Waals surface area contributed by atoms with Gasteiger partial charge >= 0.3 is 5.97 Å². The lowest BCUT2D eigenvalue weighted by Gasteiger charge is -2.48. The summed E-state index contributed by atoms with van der Waals surface area (Å²) < 4.78 is 0. The van der Waals surface area contributed by atoms with E-state index < -0.39 is 29.2 Å². The van der Waals surface area contributed by atoms with Crippen molar-refractivity contribution >= 4 is 35.3 Å². The Kier molecular flexibility index (Phi) is 5.64. The zero-order chi connectivity index (χ0) is 17.0.